The van der Waals surface area contributed by atoms with Crippen LogP contribution in [0.15, 0.2) is 5.16 Å². The van der Waals surface area contributed by atoms with Gasteiger partial charge in [-0.3, -0.25) is 4.79 Å². The predicted octanol–water partition coefficient (Wildman–Crippen LogP) is 1.48. The Balaban J connectivity index is 2.55. The first kappa shape index (κ1) is 10.7. The molecule has 1 aromatic heterocycles. The largest absolute Gasteiger partial charge is 0.341 e. The van der Waals surface area contributed by atoms with E-state index in [4.69, 9.17) is 11.6 Å². The van der Waals surface area contributed by atoms with Crippen molar-refractivity contribution in [1.29, 1.82) is 0 Å². The molecule has 0 aliphatic carbocycles. The van der Waals surface area contributed by atoms with Crippen LogP contribution in [0.3, 0.4) is 0 Å². The highest BCUT2D eigenvalue weighted by Crippen LogP contribution is 2.25. The fourth-order valence-corrected chi connectivity index (χ4v) is 2.21. The minimum atomic E-state index is -0.0890. The molecular formula is C9H10ClN3OS. The third kappa shape index (κ3) is 1.81. The number of fused-ring (bicyclic) bond motifs is 1. The van der Waals surface area contributed by atoms with Crippen LogP contribution in [0.1, 0.15) is 16.1 Å². The number of hydrogen-bond acceptors (Lipinski definition) is 4. The molecule has 0 aromatic carbocycles. The van der Waals surface area contributed by atoms with Crippen LogP contribution >= 0.6 is 23.4 Å². The van der Waals surface area contributed by atoms with Gasteiger partial charge in [-0.2, -0.15) is 0 Å². The highest BCUT2D eigenvalue weighted by atomic mass is 35.5. The zero-order valence-electron chi connectivity index (χ0n) is 8.45. The van der Waals surface area contributed by atoms with E-state index < -0.39 is 0 Å². The molecule has 15 heavy (non-hydrogen) atoms. The van der Waals surface area contributed by atoms with Gasteiger partial charge in [-0.15, -0.1) is 0 Å². The first-order valence-electron chi connectivity index (χ1n) is 4.49. The van der Waals surface area contributed by atoms with Gasteiger partial charge in [0.2, 0.25) is 0 Å². The Morgan fingerprint density at radius 3 is 2.87 bits per heavy atom. The maximum atomic E-state index is 11.8. The first-order valence-corrected chi connectivity index (χ1v) is 6.09. The number of amides is 1. The monoisotopic (exact) mass is 243 g/mol. The number of thioether (sulfide) groups is 1. The second kappa shape index (κ2) is 3.98. The van der Waals surface area contributed by atoms with Crippen molar-refractivity contribution >= 4 is 29.3 Å². The highest BCUT2D eigenvalue weighted by Gasteiger charge is 2.26. The van der Waals surface area contributed by atoms with Crippen molar-refractivity contribution in [2.24, 2.45) is 0 Å². The lowest BCUT2D eigenvalue weighted by atomic mass is 10.1. The van der Waals surface area contributed by atoms with Crippen molar-refractivity contribution in [3.63, 3.8) is 0 Å². The smallest absolute Gasteiger partial charge is 0.258 e. The standard InChI is InChI=1S/C9H10ClN3OS/c1-13-4-3-5-6(8(13)14)7(10)12-9(11-5)15-2/h3-4H2,1-2H3. The average molecular weight is 244 g/mol. The Bertz CT molecular complexity index is 424. The lowest BCUT2D eigenvalue weighted by Crippen LogP contribution is -2.35. The van der Waals surface area contributed by atoms with Gasteiger partial charge in [-0.25, -0.2) is 9.97 Å². The van der Waals surface area contributed by atoms with Crippen molar-refractivity contribution in [3.05, 3.63) is 16.4 Å². The third-order valence-electron chi connectivity index (χ3n) is 2.35. The van der Waals surface area contributed by atoms with E-state index in [1.165, 1.54) is 11.8 Å². The maximum Gasteiger partial charge on any atom is 0.258 e. The highest BCUT2D eigenvalue weighted by molar-refractivity contribution is 7.98. The minimum Gasteiger partial charge on any atom is -0.341 e. The quantitative estimate of drug-likeness (QED) is 0.426. The van der Waals surface area contributed by atoms with E-state index in [0.29, 0.717) is 17.3 Å². The van der Waals surface area contributed by atoms with Gasteiger partial charge in [-0.05, 0) is 6.26 Å². The van der Waals surface area contributed by atoms with Crippen molar-refractivity contribution in [2.75, 3.05) is 19.8 Å². The van der Waals surface area contributed by atoms with Crippen LogP contribution in [0.5, 0.6) is 0 Å². The second-order valence-corrected chi connectivity index (χ2v) is 4.43. The number of likely N-dealkylation sites (N-methyl/N-ethyl adjacent to an activating group) is 1. The fraction of sp³-hybridized carbons (Fsp3) is 0.444. The molecule has 0 saturated carbocycles. The number of carbonyl (C=O) groups is 1. The molecule has 1 amide bonds. The van der Waals surface area contributed by atoms with E-state index in [1.54, 1.807) is 11.9 Å². The summed E-state index contributed by atoms with van der Waals surface area (Å²) in [7, 11) is 1.75. The molecule has 0 radical (unpaired) electrons. The Kier molecular flexibility index (Phi) is 2.84. The molecule has 2 rings (SSSR count). The molecule has 6 heteroatoms. The van der Waals surface area contributed by atoms with E-state index in [-0.39, 0.29) is 11.1 Å². The van der Waals surface area contributed by atoms with Gasteiger partial charge in [0, 0.05) is 20.0 Å². The van der Waals surface area contributed by atoms with E-state index in [2.05, 4.69) is 9.97 Å². The lowest BCUT2D eigenvalue weighted by molar-refractivity contribution is 0.0778. The SMILES string of the molecule is CSc1nc(Cl)c2c(n1)CCN(C)C2=O. The third-order valence-corrected chi connectivity index (χ3v) is 3.17. The van der Waals surface area contributed by atoms with Gasteiger partial charge in [-0.1, -0.05) is 23.4 Å². The summed E-state index contributed by atoms with van der Waals surface area (Å²) in [5.41, 5.74) is 1.23. The molecule has 0 unspecified atom stereocenters. The summed E-state index contributed by atoms with van der Waals surface area (Å²) in [4.78, 5) is 21.8. The van der Waals surface area contributed by atoms with Crippen LogP contribution in [0.4, 0.5) is 0 Å². The summed E-state index contributed by atoms with van der Waals surface area (Å²) in [5.74, 6) is -0.0890. The van der Waals surface area contributed by atoms with Gasteiger partial charge in [0.1, 0.15) is 5.15 Å². The predicted molar refractivity (Wildman–Crippen MR) is 59.5 cm³/mol. The first-order chi connectivity index (χ1) is 7.13. The molecule has 1 aliphatic heterocycles. The molecule has 2 heterocycles. The fourth-order valence-electron chi connectivity index (χ4n) is 1.51. The number of hydrogen-bond donors (Lipinski definition) is 0. The van der Waals surface area contributed by atoms with Crippen LogP contribution in [-0.2, 0) is 6.42 Å². The van der Waals surface area contributed by atoms with E-state index in [0.717, 1.165) is 12.1 Å². The molecule has 80 valence electrons. The van der Waals surface area contributed by atoms with E-state index in [9.17, 15) is 4.79 Å². The number of nitrogens with zero attached hydrogens (tertiary/aromatic N) is 3. The van der Waals surface area contributed by atoms with Gasteiger partial charge in [0.05, 0.1) is 11.3 Å². The van der Waals surface area contributed by atoms with Crippen molar-refractivity contribution < 1.29 is 4.79 Å². The average Bonchev–Trinajstić information content (AvgIpc) is 2.23. The van der Waals surface area contributed by atoms with Gasteiger partial charge >= 0.3 is 0 Å². The zero-order chi connectivity index (χ0) is 11.0. The summed E-state index contributed by atoms with van der Waals surface area (Å²) in [6.45, 7) is 0.687. The number of aromatic nitrogens is 2. The lowest BCUT2D eigenvalue weighted by Gasteiger charge is -2.24. The molecule has 0 saturated heterocycles. The van der Waals surface area contributed by atoms with Crippen LogP contribution in [0, 0.1) is 0 Å². The molecule has 0 spiro atoms. The Morgan fingerprint density at radius 2 is 2.20 bits per heavy atom. The summed E-state index contributed by atoms with van der Waals surface area (Å²) < 4.78 is 0. The van der Waals surface area contributed by atoms with Gasteiger partial charge in [0.15, 0.2) is 5.16 Å². The Morgan fingerprint density at radius 1 is 1.47 bits per heavy atom. The van der Waals surface area contributed by atoms with Crippen LogP contribution in [0.25, 0.3) is 0 Å². The minimum absolute atomic E-state index is 0.0890. The summed E-state index contributed by atoms with van der Waals surface area (Å²) in [6, 6.07) is 0. The normalized spacial score (nSPS) is 15.4. The summed E-state index contributed by atoms with van der Waals surface area (Å²) in [6.07, 6.45) is 2.63. The van der Waals surface area contributed by atoms with E-state index in [1.807, 2.05) is 6.26 Å². The number of carbonyl (C=O) groups excluding carboxylic acids is 1. The van der Waals surface area contributed by atoms with Gasteiger partial charge < -0.3 is 4.90 Å². The topological polar surface area (TPSA) is 46.1 Å². The summed E-state index contributed by atoms with van der Waals surface area (Å²) in [5, 5.41) is 0.886. The number of halogens is 1. The molecule has 0 fully saturated rings. The van der Waals surface area contributed by atoms with Crippen molar-refractivity contribution in [1.82, 2.24) is 14.9 Å². The Hall–Kier alpha value is -0.810. The van der Waals surface area contributed by atoms with Crippen LogP contribution < -0.4 is 0 Å². The molecule has 0 N–H and O–H groups in total. The zero-order valence-corrected chi connectivity index (χ0v) is 10.0. The molecular weight excluding hydrogens is 234 g/mol. The van der Waals surface area contributed by atoms with Crippen molar-refractivity contribution in [2.45, 2.75) is 11.6 Å². The number of rotatable bonds is 1. The van der Waals surface area contributed by atoms with Crippen molar-refractivity contribution in [3.8, 4) is 0 Å². The second-order valence-electron chi connectivity index (χ2n) is 3.30. The molecule has 0 atom stereocenters. The Labute approximate surface area is 97.0 Å². The molecule has 1 aliphatic rings. The maximum absolute atomic E-state index is 11.8. The van der Waals surface area contributed by atoms with Gasteiger partial charge in [0.25, 0.3) is 5.91 Å². The molecule has 1 aromatic rings. The molecule has 4 nitrogen and oxygen atoms in total. The summed E-state index contributed by atoms with van der Waals surface area (Å²) >= 11 is 7.40. The van der Waals surface area contributed by atoms with E-state index >= 15 is 0 Å². The van der Waals surface area contributed by atoms with Crippen LogP contribution in [0.2, 0.25) is 5.15 Å². The molecule has 0 bridgehead atoms. The van der Waals surface area contributed by atoms with Crippen LogP contribution in [-0.4, -0.2) is 40.6 Å².